The molecule has 0 spiro atoms. The molecule has 3 aliphatic rings. The summed E-state index contributed by atoms with van der Waals surface area (Å²) < 4.78 is 9.70. The van der Waals surface area contributed by atoms with Crippen molar-refractivity contribution >= 4 is 45.8 Å². The third-order valence-electron chi connectivity index (χ3n) is 11.9. The van der Waals surface area contributed by atoms with Gasteiger partial charge in [0.05, 0.1) is 16.6 Å². The molecule has 0 atom stereocenters. The number of nitrogens with zero attached hydrogens (tertiary/aromatic N) is 2. The van der Waals surface area contributed by atoms with E-state index in [1.807, 2.05) is 0 Å². The Morgan fingerprint density at radius 3 is 2.19 bits per heavy atom. The minimum Gasteiger partial charge on any atom is -0.458 e. The van der Waals surface area contributed by atoms with Gasteiger partial charge in [-0.1, -0.05) is 121 Å². The highest BCUT2D eigenvalue weighted by Crippen LogP contribution is 2.51. The Hall–Kier alpha value is -5.74. The molecule has 252 valence electrons. The molecule has 1 aromatic heterocycles. The summed E-state index contributed by atoms with van der Waals surface area (Å²) in [6, 6.07) is 50.2. The highest BCUT2D eigenvalue weighted by Gasteiger charge is 2.52. The fourth-order valence-corrected chi connectivity index (χ4v) is 9.80. The van der Waals surface area contributed by atoms with Crippen LogP contribution in [-0.4, -0.2) is 25.4 Å². The Morgan fingerprint density at radius 2 is 1.44 bits per heavy atom. The van der Waals surface area contributed by atoms with Gasteiger partial charge < -0.3 is 14.2 Å². The maximum atomic E-state index is 7.05. The van der Waals surface area contributed by atoms with Gasteiger partial charge in [0.2, 0.25) is 0 Å². The summed E-state index contributed by atoms with van der Waals surface area (Å²) in [7, 11) is 4.19. The molecule has 0 bridgehead atoms. The lowest BCUT2D eigenvalue weighted by Crippen LogP contribution is -2.64. The molecular weight excluding hydrogens is 631 g/mol. The first-order chi connectivity index (χ1) is 25.6. The largest absolute Gasteiger partial charge is 0.458 e. The SMILES string of the molecule is C/C=C/c1cc2c3c(c1)C(c1ccccc1)(c1ccccc1)c1c(cccc1-n1c4c(c5ccccc51)CCCC4)B3c1ccc(N(C)C)cc1O2. The van der Waals surface area contributed by atoms with Crippen molar-refractivity contribution in [1.29, 1.82) is 0 Å². The van der Waals surface area contributed by atoms with Crippen LogP contribution < -0.4 is 26.0 Å². The van der Waals surface area contributed by atoms with Crippen molar-refractivity contribution in [3.8, 4) is 17.2 Å². The predicted molar refractivity (Wildman–Crippen MR) is 218 cm³/mol. The van der Waals surface area contributed by atoms with Gasteiger partial charge in [-0.3, -0.25) is 0 Å². The molecule has 2 aliphatic heterocycles. The summed E-state index contributed by atoms with van der Waals surface area (Å²) in [5.41, 5.74) is 16.2. The second-order valence-electron chi connectivity index (χ2n) is 14.8. The molecule has 0 radical (unpaired) electrons. The number of benzene rings is 6. The minimum absolute atomic E-state index is 0.00206. The first-order valence-electron chi connectivity index (χ1n) is 18.8. The maximum Gasteiger partial charge on any atom is 0.251 e. The van der Waals surface area contributed by atoms with E-state index in [2.05, 4.69) is 176 Å². The molecule has 0 unspecified atom stereocenters. The minimum atomic E-state index is -0.635. The van der Waals surface area contributed by atoms with Crippen LogP contribution in [0, 0.1) is 0 Å². The number of allylic oxidation sites excluding steroid dienone is 1. The molecule has 10 rings (SSSR count). The van der Waals surface area contributed by atoms with E-state index in [0.717, 1.165) is 35.6 Å². The Balaban J connectivity index is 1.42. The Kier molecular flexibility index (Phi) is 7.11. The van der Waals surface area contributed by atoms with Crippen molar-refractivity contribution in [1.82, 2.24) is 4.57 Å². The first-order valence-corrected chi connectivity index (χ1v) is 18.8. The van der Waals surface area contributed by atoms with Crippen molar-refractivity contribution in [2.45, 2.75) is 38.0 Å². The number of ether oxygens (including phenoxy) is 1. The molecule has 3 heterocycles. The van der Waals surface area contributed by atoms with Crippen LogP contribution in [0.4, 0.5) is 5.69 Å². The predicted octanol–water partition coefficient (Wildman–Crippen LogP) is 8.93. The number of hydrogen-bond acceptors (Lipinski definition) is 2. The molecule has 0 amide bonds. The smallest absolute Gasteiger partial charge is 0.251 e. The first kappa shape index (κ1) is 31.0. The van der Waals surface area contributed by atoms with Gasteiger partial charge in [0.15, 0.2) is 0 Å². The van der Waals surface area contributed by atoms with E-state index < -0.39 is 5.41 Å². The third-order valence-corrected chi connectivity index (χ3v) is 11.9. The van der Waals surface area contributed by atoms with Crippen molar-refractivity contribution < 1.29 is 4.74 Å². The summed E-state index contributed by atoms with van der Waals surface area (Å²) in [6.45, 7) is 2.10. The Bertz CT molecular complexity index is 2510. The number of para-hydroxylation sites is 1. The van der Waals surface area contributed by atoms with Gasteiger partial charge in [-0.15, -0.1) is 0 Å². The van der Waals surface area contributed by atoms with Crippen LogP contribution >= 0.6 is 0 Å². The number of fused-ring (bicyclic) bond motifs is 7. The van der Waals surface area contributed by atoms with Crippen LogP contribution in [0.3, 0.4) is 0 Å². The maximum absolute atomic E-state index is 7.05. The summed E-state index contributed by atoms with van der Waals surface area (Å²) in [6.07, 6.45) is 9.02. The fraction of sp³-hybridized carbons (Fsp3) is 0.167. The standard InChI is InChI=1S/C48H41BN2O/c1-4-16-32-29-38-47-45(30-32)52-44-31-35(50(2)3)27-28-39(44)49(47)40-23-15-26-43(51-41-24-13-11-21-36(41)37-22-12-14-25-42(37)51)46(40)48(38,33-17-7-5-8-18-33)34-19-9-6-10-20-34/h4-11,13,15-21,23-24,26-31H,12,14,22,25H2,1-3H3/b16-4+. The average molecular weight is 673 g/mol. The third kappa shape index (κ3) is 4.33. The molecule has 0 N–H and O–H groups in total. The molecule has 0 saturated carbocycles. The molecule has 7 aromatic rings. The van der Waals surface area contributed by atoms with E-state index in [1.165, 1.54) is 79.3 Å². The zero-order chi connectivity index (χ0) is 35.0. The summed E-state index contributed by atoms with van der Waals surface area (Å²) in [4.78, 5) is 2.16. The normalized spacial score (nSPS) is 15.1. The molecule has 4 heteroatoms. The highest BCUT2D eigenvalue weighted by molar-refractivity contribution is 6.98. The summed E-state index contributed by atoms with van der Waals surface area (Å²) >= 11 is 0. The van der Waals surface area contributed by atoms with E-state index >= 15 is 0 Å². The van der Waals surface area contributed by atoms with Crippen molar-refractivity contribution in [2.24, 2.45) is 0 Å². The zero-order valence-electron chi connectivity index (χ0n) is 30.1. The lowest BCUT2D eigenvalue weighted by atomic mass is 9.29. The van der Waals surface area contributed by atoms with Crippen LogP contribution in [0.25, 0.3) is 22.7 Å². The van der Waals surface area contributed by atoms with Crippen molar-refractivity contribution in [2.75, 3.05) is 19.0 Å². The zero-order valence-corrected chi connectivity index (χ0v) is 30.1. The fourth-order valence-electron chi connectivity index (χ4n) is 9.80. The van der Waals surface area contributed by atoms with Crippen LogP contribution in [0.15, 0.2) is 140 Å². The topological polar surface area (TPSA) is 17.4 Å². The second-order valence-corrected chi connectivity index (χ2v) is 14.8. The van der Waals surface area contributed by atoms with Crippen LogP contribution in [0.1, 0.15) is 58.8 Å². The molecule has 0 fully saturated rings. The molecule has 1 aliphatic carbocycles. The van der Waals surface area contributed by atoms with E-state index in [9.17, 15) is 0 Å². The van der Waals surface area contributed by atoms with E-state index in [0.29, 0.717) is 0 Å². The van der Waals surface area contributed by atoms with Crippen LogP contribution in [0.5, 0.6) is 11.5 Å². The molecule has 0 saturated heterocycles. The number of aryl methyl sites for hydroxylation is 1. The van der Waals surface area contributed by atoms with Crippen LogP contribution in [-0.2, 0) is 18.3 Å². The van der Waals surface area contributed by atoms with E-state index in [4.69, 9.17) is 4.74 Å². The Morgan fingerprint density at radius 1 is 0.712 bits per heavy atom. The molecular formula is C48H41BN2O. The number of rotatable bonds is 5. The van der Waals surface area contributed by atoms with Gasteiger partial charge >= 0.3 is 0 Å². The summed E-state index contributed by atoms with van der Waals surface area (Å²) in [5, 5.41) is 1.39. The van der Waals surface area contributed by atoms with Crippen LogP contribution in [0.2, 0.25) is 0 Å². The van der Waals surface area contributed by atoms with Gasteiger partial charge in [0, 0.05) is 36.9 Å². The lowest BCUT2D eigenvalue weighted by Gasteiger charge is -2.47. The van der Waals surface area contributed by atoms with Gasteiger partial charge in [-0.25, -0.2) is 0 Å². The monoisotopic (exact) mass is 672 g/mol. The Labute approximate surface area is 306 Å². The van der Waals surface area contributed by atoms with Crippen molar-refractivity contribution in [3.05, 3.63) is 179 Å². The van der Waals surface area contributed by atoms with Gasteiger partial charge in [0.25, 0.3) is 6.71 Å². The summed E-state index contributed by atoms with van der Waals surface area (Å²) in [5.74, 6) is 1.87. The van der Waals surface area contributed by atoms with Gasteiger partial charge in [-0.05, 0) is 101 Å². The molecule has 52 heavy (non-hydrogen) atoms. The number of anilines is 1. The second kappa shape index (κ2) is 11.9. The van der Waals surface area contributed by atoms with E-state index in [1.54, 1.807) is 0 Å². The van der Waals surface area contributed by atoms with Gasteiger partial charge in [0.1, 0.15) is 11.5 Å². The lowest BCUT2D eigenvalue weighted by molar-refractivity contribution is 0.485. The highest BCUT2D eigenvalue weighted by atomic mass is 16.5. The number of hydrogen-bond donors (Lipinski definition) is 0. The van der Waals surface area contributed by atoms with Gasteiger partial charge in [-0.2, -0.15) is 0 Å². The number of aromatic nitrogens is 1. The molecule has 6 aromatic carbocycles. The van der Waals surface area contributed by atoms with E-state index in [-0.39, 0.29) is 6.71 Å². The van der Waals surface area contributed by atoms with Crippen molar-refractivity contribution in [3.63, 3.8) is 0 Å². The average Bonchev–Trinajstić information content (AvgIpc) is 3.52. The molecule has 3 nitrogen and oxygen atoms in total. The quantitative estimate of drug-likeness (QED) is 0.170.